The van der Waals surface area contributed by atoms with Crippen molar-refractivity contribution in [2.75, 3.05) is 0 Å². The molecule has 4 aromatic rings. The van der Waals surface area contributed by atoms with E-state index in [1.54, 1.807) is 4.68 Å². The van der Waals surface area contributed by atoms with Crippen LogP contribution in [0.15, 0.2) is 54.9 Å². The lowest BCUT2D eigenvalue weighted by Crippen LogP contribution is -2.05. The first-order valence-corrected chi connectivity index (χ1v) is 11.0. The van der Waals surface area contributed by atoms with E-state index in [4.69, 9.17) is 0 Å². The number of aryl methyl sites for hydroxylation is 3. The Bertz CT molecular complexity index is 1280. The van der Waals surface area contributed by atoms with Gasteiger partial charge >= 0.3 is 0 Å². The summed E-state index contributed by atoms with van der Waals surface area (Å²) in [6, 6.07) is 12.0. The maximum Gasteiger partial charge on any atom is 0.177 e. The normalized spacial score (nSPS) is 12.9. The minimum absolute atomic E-state index is 0.171. The van der Waals surface area contributed by atoms with Gasteiger partial charge in [0.05, 0.1) is 11.1 Å². The van der Waals surface area contributed by atoms with Crippen molar-refractivity contribution < 1.29 is 13.6 Å². The molecule has 2 aromatic heterocycles. The molecule has 2 heterocycles. The summed E-state index contributed by atoms with van der Waals surface area (Å²) in [4.78, 5) is 14.5. The maximum absolute atomic E-state index is 14.0. The van der Waals surface area contributed by atoms with Gasteiger partial charge in [-0.25, -0.2) is 8.78 Å². The molecule has 0 N–H and O–H groups in total. The van der Waals surface area contributed by atoms with E-state index in [2.05, 4.69) is 23.3 Å². The molecule has 156 valence electrons. The van der Waals surface area contributed by atoms with E-state index in [1.165, 1.54) is 35.1 Å². The number of carbonyl (C=O) groups is 1. The molecule has 31 heavy (non-hydrogen) atoms. The Morgan fingerprint density at radius 2 is 1.84 bits per heavy atom. The van der Waals surface area contributed by atoms with Crippen LogP contribution in [-0.4, -0.2) is 15.6 Å². The Morgan fingerprint density at radius 3 is 2.58 bits per heavy atom. The van der Waals surface area contributed by atoms with Gasteiger partial charge in [0, 0.05) is 35.7 Å². The maximum atomic E-state index is 14.0. The highest BCUT2D eigenvalue weighted by molar-refractivity contribution is 7.17. The van der Waals surface area contributed by atoms with E-state index in [1.807, 2.05) is 25.5 Å². The molecule has 1 aliphatic carbocycles. The first-order valence-electron chi connectivity index (χ1n) is 10.2. The molecular formula is C25H20F2N2OS. The van der Waals surface area contributed by atoms with Crippen molar-refractivity contribution in [2.24, 2.45) is 7.05 Å². The van der Waals surface area contributed by atoms with Crippen LogP contribution in [0.25, 0.3) is 21.6 Å². The minimum atomic E-state index is -0.682. The summed E-state index contributed by atoms with van der Waals surface area (Å²) < 4.78 is 29.8. The number of ketones is 1. The quantitative estimate of drug-likeness (QED) is 0.369. The van der Waals surface area contributed by atoms with Crippen LogP contribution in [0.2, 0.25) is 0 Å². The van der Waals surface area contributed by atoms with E-state index in [-0.39, 0.29) is 17.8 Å². The Morgan fingerprint density at radius 1 is 1.06 bits per heavy atom. The summed E-state index contributed by atoms with van der Waals surface area (Å²) in [5, 5.41) is 4.26. The lowest BCUT2D eigenvalue weighted by molar-refractivity contribution is 0.0994. The zero-order valence-corrected chi connectivity index (χ0v) is 17.8. The van der Waals surface area contributed by atoms with Gasteiger partial charge in [0.25, 0.3) is 0 Å². The highest BCUT2D eigenvalue weighted by atomic mass is 32.1. The molecule has 0 fully saturated rings. The third-order valence-corrected chi connectivity index (χ3v) is 7.02. The predicted molar refractivity (Wildman–Crippen MR) is 118 cm³/mol. The van der Waals surface area contributed by atoms with Crippen LogP contribution in [-0.2, 0) is 26.3 Å². The van der Waals surface area contributed by atoms with E-state index < -0.39 is 11.6 Å². The summed E-state index contributed by atoms with van der Waals surface area (Å²) in [6.45, 7) is 0. The van der Waals surface area contributed by atoms with Crippen molar-refractivity contribution in [1.29, 1.82) is 0 Å². The molecule has 0 bridgehead atoms. The lowest BCUT2D eigenvalue weighted by Gasteiger charge is -2.08. The van der Waals surface area contributed by atoms with Crippen LogP contribution < -0.4 is 0 Å². The number of hydrogen-bond acceptors (Lipinski definition) is 3. The van der Waals surface area contributed by atoms with E-state index in [9.17, 15) is 13.6 Å². The van der Waals surface area contributed by atoms with Crippen LogP contribution in [0.5, 0.6) is 0 Å². The van der Waals surface area contributed by atoms with Gasteiger partial charge in [-0.3, -0.25) is 9.48 Å². The monoisotopic (exact) mass is 434 g/mol. The number of rotatable bonds is 4. The Labute approximate surface area is 183 Å². The molecule has 3 nitrogen and oxygen atoms in total. The molecule has 5 rings (SSSR count). The van der Waals surface area contributed by atoms with Crippen molar-refractivity contribution in [1.82, 2.24) is 9.78 Å². The first-order chi connectivity index (χ1) is 15.0. The average Bonchev–Trinajstić information content (AvgIpc) is 3.34. The zero-order valence-electron chi connectivity index (χ0n) is 17.0. The summed E-state index contributed by atoms with van der Waals surface area (Å²) in [5.74, 6) is -1.62. The van der Waals surface area contributed by atoms with Crippen molar-refractivity contribution in [3.63, 3.8) is 0 Å². The number of aromatic nitrogens is 2. The Balaban J connectivity index is 1.52. The second-order valence-corrected chi connectivity index (χ2v) is 8.95. The second kappa shape index (κ2) is 7.85. The third kappa shape index (κ3) is 3.72. The fourth-order valence-electron chi connectivity index (χ4n) is 4.15. The molecule has 0 radical (unpaired) electrons. The molecule has 0 saturated heterocycles. The average molecular weight is 435 g/mol. The molecule has 2 aromatic carbocycles. The first kappa shape index (κ1) is 19.8. The molecular weight excluding hydrogens is 414 g/mol. The van der Waals surface area contributed by atoms with Crippen LogP contribution in [0, 0.1) is 11.6 Å². The smallest absolute Gasteiger partial charge is 0.177 e. The topological polar surface area (TPSA) is 34.9 Å². The molecule has 0 aliphatic heterocycles. The van der Waals surface area contributed by atoms with Crippen molar-refractivity contribution in [3.8, 4) is 21.6 Å². The van der Waals surface area contributed by atoms with Gasteiger partial charge in [-0.1, -0.05) is 18.2 Å². The number of nitrogens with zero attached hydrogens (tertiary/aromatic N) is 2. The summed E-state index contributed by atoms with van der Waals surface area (Å²) in [7, 11) is 1.89. The Kier molecular flexibility index (Phi) is 5.02. The van der Waals surface area contributed by atoms with Gasteiger partial charge in [0.1, 0.15) is 11.6 Å². The van der Waals surface area contributed by atoms with Gasteiger partial charge < -0.3 is 0 Å². The molecule has 0 amide bonds. The highest BCUT2D eigenvalue weighted by Gasteiger charge is 2.22. The van der Waals surface area contributed by atoms with Crippen LogP contribution in [0.4, 0.5) is 8.78 Å². The van der Waals surface area contributed by atoms with Gasteiger partial charge in [-0.15, -0.1) is 11.3 Å². The largest absolute Gasteiger partial charge is 0.293 e. The summed E-state index contributed by atoms with van der Waals surface area (Å²) >= 11 is 1.42. The standard InChI is InChI=1S/C25H20F2N2OS/c1-29-14-18(13-28-29)16-9-8-15-4-2-5-17-11-24(31-25(17)19(15)10-16)23(30)12-20-21(26)6-3-7-22(20)27/h3,6-11,13-14H,2,4-5,12H2,1H3. The predicted octanol–water partition coefficient (Wildman–Crippen LogP) is 6.01. The van der Waals surface area contributed by atoms with Gasteiger partial charge in [0.15, 0.2) is 5.78 Å². The number of benzene rings is 2. The van der Waals surface area contributed by atoms with Gasteiger partial charge in [0.2, 0.25) is 0 Å². The molecule has 6 heteroatoms. The van der Waals surface area contributed by atoms with Crippen molar-refractivity contribution >= 4 is 17.1 Å². The SMILES string of the molecule is Cn1cc(-c2ccc3c(c2)-c2sc(C(=O)Cc4c(F)cccc4F)cc2CCC3)cn1. The fourth-order valence-corrected chi connectivity index (χ4v) is 5.35. The number of halogens is 2. The van der Waals surface area contributed by atoms with Gasteiger partial charge in [-0.2, -0.15) is 5.10 Å². The van der Waals surface area contributed by atoms with E-state index in [0.29, 0.717) is 4.88 Å². The molecule has 0 spiro atoms. The number of carbonyl (C=O) groups excluding carboxylic acids is 1. The molecule has 0 atom stereocenters. The minimum Gasteiger partial charge on any atom is -0.293 e. The van der Waals surface area contributed by atoms with Crippen LogP contribution in [0.3, 0.4) is 0 Å². The Hall–Kier alpha value is -3.12. The summed E-state index contributed by atoms with van der Waals surface area (Å²) in [5.41, 5.74) is 5.47. The molecule has 1 aliphatic rings. The van der Waals surface area contributed by atoms with Crippen molar-refractivity contribution in [2.45, 2.75) is 25.7 Å². The zero-order chi connectivity index (χ0) is 21.5. The fraction of sp³-hybridized carbons (Fsp3) is 0.200. The third-order valence-electron chi connectivity index (χ3n) is 5.77. The van der Waals surface area contributed by atoms with Crippen molar-refractivity contribution in [3.05, 3.63) is 88.1 Å². The van der Waals surface area contributed by atoms with Gasteiger partial charge in [-0.05, 0) is 65.8 Å². The van der Waals surface area contributed by atoms with Crippen LogP contribution in [0.1, 0.15) is 32.8 Å². The summed E-state index contributed by atoms with van der Waals surface area (Å²) in [6.07, 6.45) is 6.40. The van der Waals surface area contributed by atoms with Crippen LogP contribution >= 0.6 is 11.3 Å². The number of fused-ring (bicyclic) bond motifs is 3. The number of Topliss-reactive ketones (excluding diaryl/α,β-unsaturated/α-hetero) is 1. The lowest BCUT2D eigenvalue weighted by atomic mass is 9.98. The van der Waals surface area contributed by atoms with E-state index >= 15 is 0 Å². The molecule has 0 saturated carbocycles. The highest BCUT2D eigenvalue weighted by Crippen LogP contribution is 2.41. The second-order valence-electron chi connectivity index (χ2n) is 7.89. The van der Waals surface area contributed by atoms with E-state index in [0.717, 1.165) is 46.4 Å². The molecule has 0 unspecified atom stereocenters. The number of hydrogen-bond donors (Lipinski definition) is 0. The number of thiophene rings is 1.